The van der Waals surface area contributed by atoms with Crippen molar-refractivity contribution in [1.82, 2.24) is 9.71 Å². The van der Waals surface area contributed by atoms with Gasteiger partial charge in [-0.15, -0.1) is 0 Å². The van der Waals surface area contributed by atoms with Gasteiger partial charge in [0.1, 0.15) is 0 Å². The van der Waals surface area contributed by atoms with Crippen molar-refractivity contribution in [3.05, 3.63) is 47.5 Å². The second-order valence-electron chi connectivity index (χ2n) is 9.90. The maximum atomic E-state index is 12.9. The number of sulfonamides is 1. The average molecular weight is 440 g/mol. The lowest BCUT2D eigenvalue weighted by Crippen LogP contribution is -2.40. The van der Waals surface area contributed by atoms with Gasteiger partial charge in [-0.1, -0.05) is 37.5 Å². The van der Waals surface area contributed by atoms with E-state index >= 15 is 0 Å². The summed E-state index contributed by atoms with van der Waals surface area (Å²) < 4.78 is 28.5. The quantitative estimate of drug-likeness (QED) is 0.446. The van der Waals surface area contributed by atoms with Crippen molar-refractivity contribution < 1.29 is 8.42 Å². The number of hydrogen-bond acceptors (Lipinski definition) is 3. The Morgan fingerprint density at radius 1 is 1.03 bits per heavy atom. The van der Waals surface area contributed by atoms with Crippen molar-refractivity contribution in [2.75, 3.05) is 5.73 Å². The summed E-state index contributed by atoms with van der Waals surface area (Å²) in [4.78, 5) is 3.81. The zero-order valence-electron chi connectivity index (χ0n) is 18.9. The molecule has 1 aliphatic rings. The molecule has 4 N–H and O–H groups in total. The minimum atomic E-state index is -3.61. The minimum absolute atomic E-state index is 0.273. The van der Waals surface area contributed by atoms with Crippen molar-refractivity contribution in [1.29, 1.82) is 0 Å². The second-order valence-corrected chi connectivity index (χ2v) is 11.6. The molecule has 6 heteroatoms. The third kappa shape index (κ3) is 4.51. The van der Waals surface area contributed by atoms with E-state index < -0.39 is 15.6 Å². The van der Waals surface area contributed by atoms with E-state index in [0.29, 0.717) is 5.92 Å². The number of anilines is 1. The summed E-state index contributed by atoms with van der Waals surface area (Å²) in [6.45, 7) is 7.57. The molecule has 5 nitrogen and oxygen atoms in total. The van der Waals surface area contributed by atoms with Crippen LogP contribution >= 0.6 is 0 Å². The predicted molar refractivity (Wildman–Crippen MR) is 129 cm³/mol. The zero-order chi connectivity index (χ0) is 22.4. The van der Waals surface area contributed by atoms with E-state index in [1.54, 1.807) is 12.1 Å². The van der Waals surface area contributed by atoms with Crippen LogP contribution < -0.4 is 10.5 Å². The van der Waals surface area contributed by atoms with Crippen LogP contribution in [0.2, 0.25) is 0 Å². The molecule has 1 fully saturated rings. The molecule has 2 aromatic carbocycles. The molecule has 0 bridgehead atoms. The van der Waals surface area contributed by atoms with Crippen LogP contribution in [0, 0.1) is 6.92 Å². The van der Waals surface area contributed by atoms with Gasteiger partial charge in [0.15, 0.2) is 0 Å². The predicted octanol–water partition coefficient (Wildman–Crippen LogP) is 5.85. The van der Waals surface area contributed by atoms with Crippen molar-refractivity contribution in [2.24, 2.45) is 0 Å². The lowest BCUT2D eigenvalue weighted by Gasteiger charge is -2.23. The van der Waals surface area contributed by atoms with Gasteiger partial charge >= 0.3 is 0 Å². The maximum Gasteiger partial charge on any atom is 0.241 e. The highest BCUT2D eigenvalue weighted by atomic mass is 32.2. The molecule has 0 atom stereocenters. The molecule has 0 amide bonds. The first-order valence-electron chi connectivity index (χ1n) is 11.1. The minimum Gasteiger partial charge on any atom is -0.398 e. The Kier molecular flexibility index (Phi) is 5.64. The second kappa shape index (κ2) is 7.99. The molecule has 1 aliphatic carbocycles. The number of benzene rings is 2. The van der Waals surface area contributed by atoms with E-state index in [-0.39, 0.29) is 4.90 Å². The highest BCUT2D eigenvalue weighted by molar-refractivity contribution is 7.89. The van der Waals surface area contributed by atoms with Crippen molar-refractivity contribution in [2.45, 2.75) is 76.2 Å². The topological polar surface area (TPSA) is 88.0 Å². The average Bonchev–Trinajstić information content (AvgIpc) is 3.05. The van der Waals surface area contributed by atoms with Crippen LogP contribution in [0.4, 0.5) is 5.69 Å². The Labute approximate surface area is 185 Å². The molecule has 0 unspecified atom stereocenters. The third-order valence-corrected chi connectivity index (χ3v) is 7.81. The lowest BCUT2D eigenvalue weighted by atomic mass is 9.81. The van der Waals surface area contributed by atoms with Gasteiger partial charge in [-0.25, -0.2) is 13.1 Å². The largest absolute Gasteiger partial charge is 0.398 e. The molecule has 0 aliphatic heterocycles. The SMILES string of the molecule is Cc1ccc(-c2[nH]c3cc(S(=O)(=O)NC(C)(C)C)ccc3c2C2CCCCC2)c(N)c1. The molecule has 1 saturated carbocycles. The summed E-state index contributed by atoms with van der Waals surface area (Å²) in [5.41, 5.74) is 11.9. The fourth-order valence-electron chi connectivity index (χ4n) is 4.77. The summed E-state index contributed by atoms with van der Waals surface area (Å²) >= 11 is 0. The number of aromatic amines is 1. The number of hydrogen-bond donors (Lipinski definition) is 3. The molecule has 4 rings (SSSR count). The van der Waals surface area contributed by atoms with Crippen molar-refractivity contribution in [3.8, 4) is 11.3 Å². The van der Waals surface area contributed by atoms with Gasteiger partial charge in [0.25, 0.3) is 0 Å². The maximum absolute atomic E-state index is 12.9. The van der Waals surface area contributed by atoms with Gasteiger partial charge in [0.05, 0.1) is 10.6 Å². The molecule has 0 radical (unpaired) electrons. The Balaban J connectivity index is 1.90. The van der Waals surface area contributed by atoms with Crippen LogP contribution in [0.15, 0.2) is 41.3 Å². The number of aromatic nitrogens is 1. The van der Waals surface area contributed by atoms with Crippen molar-refractivity contribution in [3.63, 3.8) is 0 Å². The third-order valence-electron chi connectivity index (χ3n) is 6.05. The summed E-state index contributed by atoms with van der Waals surface area (Å²) in [5, 5.41) is 1.09. The number of nitrogen functional groups attached to an aromatic ring is 1. The molecule has 0 spiro atoms. The Morgan fingerprint density at radius 2 is 1.74 bits per heavy atom. The fourth-order valence-corrected chi connectivity index (χ4v) is 6.21. The molecule has 1 heterocycles. The number of nitrogens with one attached hydrogen (secondary N) is 2. The van der Waals surface area contributed by atoms with Gasteiger partial charge in [-0.3, -0.25) is 0 Å². The van der Waals surface area contributed by atoms with Gasteiger partial charge in [-0.2, -0.15) is 0 Å². The van der Waals surface area contributed by atoms with Gasteiger partial charge in [0, 0.05) is 27.7 Å². The number of aryl methyl sites for hydroxylation is 1. The molecule has 3 aromatic rings. The molecule has 31 heavy (non-hydrogen) atoms. The smallest absolute Gasteiger partial charge is 0.241 e. The van der Waals surface area contributed by atoms with Crippen LogP contribution in [0.5, 0.6) is 0 Å². The number of nitrogens with two attached hydrogens (primary N) is 1. The summed E-state index contributed by atoms with van der Waals surface area (Å²) in [7, 11) is -3.61. The van der Waals surface area contributed by atoms with Crippen molar-refractivity contribution >= 4 is 26.6 Å². The number of H-pyrrole nitrogens is 1. The van der Waals surface area contributed by atoms with E-state index in [1.165, 1.54) is 24.8 Å². The first-order chi connectivity index (χ1) is 14.5. The molecular weight excluding hydrogens is 406 g/mol. The first-order valence-corrected chi connectivity index (χ1v) is 12.6. The fraction of sp³-hybridized carbons (Fsp3) is 0.440. The Morgan fingerprint density at radius 3 is 2.39 bits per heavy atom. The van der Waals surface area contributed by atoms with E-state index in [4.69, 9.17) is 5.73 Å². The normalized spacial score (nSPS) is 16.1. The zero-order valence-corrected chi connectivity index (χ0v) is 19.7. The van der Waals surface area contributed by atoms with E-state index in [1.807, 2.05) is 39.8 Å². The lowest BCUT2D eigenvalue weighted by molar-refractivity contribution is 0.446. The van der Waals surface area contributed by atoms with Crippen LogP contribution in [-0.4, -0.2) is 18.9 Å². The van der Waals surface area contributed by atoms with E-state index in [2.05, 4.69) is 21.8 Å². The Hall–Kier alpha value is -2.31. The Bertz CT molecular complexity index is 1210. The van der Waals surface area contributed by atoms with Crippen LogP contribution in [0.1, 0.15) is 69.9 Å². The molecule has 1 aromatic heterocycles. The van der Waals surface area contributed by atoms with E-state index in [0.717, 1.165) is 46.3 Å². The summed E-state index contributed by atoms with van der Waals surface area (Å²) in [6.07, 6.45) is 6.03. The first kappa shape index (κ1) is 21.9. The monoisotopic (exact) mass is 439 g/mol. The molecule has 0 saturated heterocycles. The van der Waals surface area contributed by atoms with Crippen LogP contribution in [-0.2, 0) is 10.0 Å². The van der Waals surface area contributed by atoms with E-state index in [9.17, 15) is 8.42 Å². The van der Waals surface area contributed by atoms with Crippen LogP contribution in [0.25, 0.3) is 22.2 Å². The number of rotatable bonds is 4. The summed E-state index contributed by atoms with van der Waals surface area (Å²) in [6, 6.07) is 11.6. The highest BCUT2D eigenvalue weighted by Crippen LogP contribution is 2.43. The van der Waals surface area contributed by atoms with Crippen LogP contribution in [0.3, 0.4) is 0 Å². The number of fused-ring (bicyclic) bond motifs is 1. The highest BCUT2D eigenvalue weighted by Gasteiger charge is 2.27. The standard InChI is InChI=1S/C25H33N3O2S/c1-16-10-12-19(21(26)14-16)24-23(17-8-6-5-7-9-17)20-13-11-18(15-22(20)27-24)31(29,30)28-25(2,3)4/h10-15,17,27-28H,5-9,26H2,1-4H3. The molecular formula is C25H33N3O2S. The molecule has 166 valence electrons. The van der Waals surface area contributed by atoms with Gasteiger partial charge in [0.2, 0.25) is 10.0 Å². The summed E-state index contributed by atoms with van der Waals surface area (Å²) in [5.74, 6) is 0.452. The van der Waals surface area contributed by atoms with Gasteiger partial charge in [-0.05, 0) is 75.8 Å². The van der Waals surface area contributed by atoms with Gasteiger partial charge < -0.3 is 10.7 Å².